The molecule has 17 heavy (non-hydrogen) atoms. The van der Waals surface area contributed by atoms with Gasteiger partial charge in [-0.15, -0.1) is 0 Å². The largest absolute Gasteiger partial charge is 0.444 e. The number of amides is 1. The summed E-state index contributed by atoms with van der Waals surface area (Å²) in [5.41, 5.74) is -0.319. The Labute approximate surface area is 102 Å². The molecule has 0 fully saturated rings. The topological polar surface area (TPSA) is 64.4 Å². The molecule has 0 aliphatic carbocycles. The van der Waals surface area contributed by atoms with Gasteiger partial charge in [0.15, 0.2) is 0 Å². The maximum absolute atomic E-state index is 11.6. The van der Waals surface area contributed by atoms with E-state index in [2.05, 4.69) is 10.3 Å². The van der Waals surface area contributed by atoms with Gasteiger partial charge in [-0.1, -0.05) is 0 Å². The van der Waals surface area contributed by atoms with Crippen LogP contribution in [0.2, 0.25) is 0 Å². The van der Waals surface area contributed by atoms with Crippen LogP contribution in [0.25, 0.3) is 0 Å². The van der Waals surface area contributed by atoms with Gasteiger partial charge in [0.25, 0.3) is 0 Å². The molecule has 0 aromatic carbocycles. The molecule has 0 spiro atoms. The number of oxazole rings is 1. The van der Waals surface area contributed by atoms with E-state index in [1.165, 1.54) is 0 Å². The lowest BCUT2D eigenvalue weighted by Crippen LogP contribution is -2.33. The number of aromatic nitrogens is 1. The van der Waals surface area contributed by atoms with Gasteiger partial charge in [-0.05, 0) is 34.6 Å². The average Bonchev–Trinajstić information content (AvgIpc) is 2.61. The Hall–Kier alpha value is -1.36. The first-order chi connectivity index (χ1) is 7.78. The molecule has 0 saturated heterocycles. The van der Waals surface area contributed by atoms with Crippen LogP contribution in [0.5, 0.6) is 0 Å². The van der Waals surface area contributed by atoms with Gasteiger partial charge in [0.2, 0.25) is 11.8 Å². The molecule has 1 aromatic heterocycles. The standard InChI is InChI=1S/C12H20N2O3/c1-8-6-13-11(17-8)9(2)14-10(15)7-16-12(3,4)5/h6,9H,7H2,1-5H3,(H,14,15). The van der Waals surface area contributed by atoms with E-state index in [4.69, 9.17) is 9.15 Å². The molecule has 1 aromatic rings. The molecular formula is C12H20N2O3. The van der Waals surface area contributed by atoms with Crippen molar-refractivity contribution in [2.75, 3.05) is 6.61 Å². The van der Waals surface area contributed by atoms with Gasteiger partial charge in [-0.2, -0.15) is 0 Å². The van der Waals surface area contributed by atoms with Crippen LogP contribution in [0.4, 0.5) is 0 Å². The molecule has 0 aliphatic heterocycles. The van der Waals surface area contributed by atoms with Gasteiger partial charge in [-0.25, -0.2) is 4.98 Å². The van der Waals surface area contributed by atoms with E-state index in [0.717, 1.165) is 5.76 Å². The third-order valence-electron chi connectivity index (χ3n) is 2.02. The molecule has 0 radical (unpaired) electrons. The van der Waals surface area contributed by atoms with Crippen molar-refractivity contribution in [3.63, 3.8) is 0 Å². The van der Waals surface area contributed by atoms with Crippen molar-refractivity contribution >= 4 is 5.91 Å². The summed E-state index contributed by atoms with van der Waals surface area (Å²) in [7, 11) is 0. The molecule has 0 aliphatic rings. The normalized spacial score (nSPS) is 13.5. The first-order valence-corrected chi connectivity index (χ1v) is 5.63. The Morgan fingerprint density at radius 2 is 2.24 bits per heavy atom. The first kappa shape index (κ1) is 13.7. The monoisotopic (exact) mass is 240 g/mol. The fourth-order valence-electron chi connectivity index (χ4n) is 1.20. The third-order valence-corrected chi connectivity index (χ3v) is 2.02. The third kappa shape index (κ3) is 4.99. The maximum atomic E-state index is 11.6. The zero-order valence-electron chi connectivity index (χ0n) is 11.0. The summed E-state index contributed by atoms with van der Waals surface area (Å²) in [6.45, 7) is 9.38. The fraction of sp³-hybridized carbons (Fsp3) is 0.667. The number of rotatable bonds is 4. The summed E-state index contributed by atoms with van der Waals surface area (Å²) in [6, 6.07) is -0.250. The Morgan fingerprint density at radius 3 is 2.71 bits per heavy atom. The van der Waals surface area contributed by atoms with Crippen molar-refractivity contribution in [1.82, 2.24) is 10.3 Å². The Balaban J connectivity index is 2.41. The quantitative estimate of drug-likeness (QED) is 0.874. The highest BCUT2D eigenvalue weighted by atomic mass is 16.5. The summed E-state index contributed by atoms with van der Waals surface area (Å²) < 4.78 is 10.7. The number of nitrogens with one attached hydrogen (secondary N) is 1. The molecule has 1 rings (SSSR count). The van der Waals surface area contributed by atoms with Crippen LogP contribution in [0, 0.1) is 6.92 Å². The van der Waals surface area contributed by atoms with Crippen molar-refractivity contribution in [1.29, 1.82) is 0 Å². The Bertz CT molecular complexity index is 379. The summed E-state index contributed by atoms with van der Waals surface area (Å²) in [6.07, 6.45) is 1.63. The molecule has 5 heteroatoms. The van der Waals surface area contributed by atoms with E-state index in [1.807, 2.05) is 34.6 Å². The number of ether oxygens (including phenoxy) is 1. The fourth-order valence-corrected chi connectivity index (χ4v) is 1.20. The van der Waals surface area contributed by atoms with Crippen LogP contribution in [0.1, 0.15) is 45.4 Å². The number of carbonyl (C=O) groups is 1. The number of hydrogen-bond donors (Lipinski definition) is 1. The highest BCUT2D eigenvalue weighted by Gasteiger charge is 2.17. The number of aryl methyl sites for hydroxylation is 1. The van der Waals surface area contributed by atoms with Gasteiger partial charge in [0.05, 0.1) is 11.8 Å². The summed E-state index contributed by atoms with van der Waals surface area (Å²) in [5.74, 6) is 1.06. The van der Waals surface area contributed by atoms with Gasteiger partial charge in [-0.3, -0.25) is 4.79 Å². The lowest BCUT2D eigenvalue weighted by atomic mass is 10.2. The van der Waals surface area contributed by atoms with Crippen LogP contribution in [0.15, 0.2) is 10.6 Å². The lowest BCUT2D eigenvalue weighted by Gasteiger charge is -2.19. The van der Waals surface area contributed by atoms with Crippen molar-refractivity contribution in [2.24, 2.45) is 0 Å². The van der Waals surface area contributed by atoms with E-state index < -0.39 is 0 Å². The molecule has 1 N–H and O–H groups in total. The minimum Gasteiger partial charge on any atom is -0.444 e. The van der Waals surface area contributed by atoms with E-state index >= 15 is 0 Å². The molecule has 1 amide bonds. The molecule has 1 heterocycles. The smallest absolute Gasteiger partial charge is 0.246 e. The minimum atomic E-state index is -0.319. The molecular weight excluding hydrogens is 220 g/mol. The van der Waals surface area contributed by atoms with Crippen LogP contribution in [0.3, 0.4) is 0 Å². The van der Waals surface area contributed by atoms with Crippen LogP contribution >= 0.6 is 0 Å². The summed E-state index contributed by atoms with van der Waals surface area (Å²) in [5, 5.41) is 2.76. The summed E-state index contributed by atoms with van der Waals surface area (Å²) >= 11 is 0. The number of nitrogens with zero attached hydrogens (tertiary/aromatic N) is 1. The maximum Gasteiger partial charge on any atom is 0.246 e. The van der Waals surface area contributed by atoms with Gasteiger partial charge >= 0.3 is 0 Å². The van der Waals surface area contributed by atoms with E-state index in [1.54, 1.807) is 6.20 Å². The molecule has 1 unspecified atom stereocenters. The van der Waals surface area contributed by atoms with E-state index in [0.29, 0.717) is 5.89 Å². The molecule has 96 valence electrons. The van der Waals surface area contributed by atoms with Crippen molar-refractivity contribution in [3.8, 4) is 0 Å². The van der Waals surface area contributed by atoms with Crippen LogP contribution < -0.4 is 5.32 Å². The highest BCUT2D eigenvalue weighted by Crippen LogP contribution is 2.12. The highest BCUT2D eigenvalue weighted by molar-refractivity contribution is 5.77. The van der Waals surface area contributed by atoms with Crippen molar-refractivity contribution in [3.05, 3.63) is 17.8 Å². The predicted octanol–water partition coefficient (Wildman–Crippen LogP) is 1.98. The minimum absolute atomic E-state index is 0.0352. The molecule has 0 bridgehead atoms. The molecule has 0 saturated carbocycles. The van der Waals surface area contributed by atoms with Crippen molar-refractivity contribution in [2.45, 2.75) is 46.3 Å². The Kier molecular flexibility index (Phi) is 4.28. The van der Waals surface area contributed by atoms with Crippen LogP contribution in [-0.2, 0) is 9.53 Å². The predicted molar refractivity (Wildman–Crippen MR) is 63.5 cm³/mol. The second-order valence-electron chi connectivity index (χ2n) is 5.00. The lowest BCUT2D eigenvalue weighted by molar-refractivity contribution is -0.131. The van der Waals surface area contributed by atoms with Crippen molar-refractivity contribution < 1.29 is 13.9 Å². The van der Waals surface area contributed by atoms with Crippen LogP contribution in [-0.4, -0.2) is 23.1 Å². The zero-order chi connectivity index (χ0) is 13.1. The SMILES string of the molecule is Cc1cnc(C(C)NC(=O)COC(C)(C)C)o1. The zero-order valence-corrected chi connectivity index (χ0v) is 11.0. The second kappa shape index (κ2) is 5.31. The second-order valence-corrected chi connectivity index (χ2v) is 5.00. The first-order valence-electron chi connectivity index (χ1n) is 5.63. The van der Waals surface area contributed by atoms with E-state index in [9.17, 15) is 4.79 Å². The summed E-state index contributed by atoms with van der Waals surface area (Å²) in [4.78, 5) is 15.6. The van der Waals surface area contributed by atoms with E-state index in [-0.39, 0.29) is 24.2 Å². The number of carbonyl (C=O) groups excluding carboxylic acids is 1. The number of hydrogen-bond acceptors (Lipinski definition) is 4. The van der Waals surface area contributed by atoms with Gasteiger partial charge in [0.1, 0.15) is 18.4 Å². The molecule has 1 atom stereocenters. The van der Waals surface area contributed by atoms with Gasteiger partial charge < -0.3 is 14.5 Å². The Morgan fingerprint density at radius 1 is 1.59 bits per heavy atom. The van der Waals surface area contributed by atoms with Gasteiger partial charge in [0, 0.05) is 0 Å². The molecule has 5 nitrogen and oxygen atoms in total. The average molecular weight is 240 g/mol.